The lowest BCUT2D eigenvalue weighted by molar-refractivity contribution is 0.135. The molecule has 0 spiro atoms. The largest absolute Gasteiger partial charge is 0.354 e. The van der Waals surface area contributed by atoms with E-state index >= 15 is 0 Å². The molecule has 1 unspecified atom stereocenters. The molecule has 0 amide bonds. The molecule has 0 saturated carbocycles. The highest BCUT2D eigenvalue weighted by atomic mass is 32.2. The van der Waals surface area contributed by atoms with Gasteiger partial charge >= 0.3 is 0 Å². The van der Waals surface area contributed by atoms with Crippen LogP contribution in [0.25, 0.3) is 0 Å². The lowest BCUT2D eigenvalue weighted by atomic mass is 10.3. The third-order valence-corrected chi connectivity index (χ3v) is 2.61. The summed E-state index contributed by atoms with van der Waals surface area (Å²) in [6.07, 6.45) is 1.89. The van der Waals surface area contributed by atoms with Gasteiger partial charge in [-0.15, -0.1) is 5.92 Å². The quantitative estimate of drug-likeness (QED) is 0.306. The molecule has 0 bridgehead atoms. The average molecular weight is 240 g/mol. The first-order valence-corrected chi connectivity index (χ1v) is 6.38. The van der Waals surface area contributed by atoms with Crippen LogP contribution in [-0.2, 0) is 4.74 Å². The molecule has 1 atom stereocenters. The number of nitrogens with one attached hydrogen (secondary N) is 1. The van der Waals surface area contributed by atoms with Gasteiger partial charge in [0.05, 0.1) is 0 Å². The van der Waals surface area contributed by atoms with Crippen LogP contribution in [0.15, 0.2) is 0 Å². The highest BCUT2D eigenvalue weighted by molar-refractivity contribution is 8.04. The summed E-state index contributed by atoms with van der Waals surface area (Å²) in [5, 5.41) is 14.0. The summed E-state index contributed by atoms with van der Waals surface area (Å²) in [6, 6.07) is 0.508. The van der Waals surface area contributed by atoms with E-state index < -0.39 is 0 Å². The highest BCUT2D eigenvalue weighted by Crippen LogP contribution is 2.15. The number of thioether (sulfide) groups is 1. The van der Waals surface area contributed by atoms with Crippen molar-refractivity contribution < 1.29 is 4.74 Å². The molecule has 0 fully saturated rings. The van der Waals surface area contributed by atoms with Crippen LogP contribution >= 0.6 is 11.8 Å². The second-order valence-corrected chi connectivity index (χ2v) is 4.57. The number of rotatable bonds is 8. The molecule has 16 heavy (non-hydrogen) atoms. The van der Waals surface area contributed by atoms with E-state index in [2.05, 4.69) is 36.4 Å². The van der Waals surface area contributed by atoms with Gasteiger partial charge in [-0.25, -0.2) is 0 Å². The van der Waals surface area contributed by atoms with Crippen molar-refractivity contribution in [2.24, 2.45) is 0 Å². The molecule has 0 aromatic rings. The summed E-state index contributed by atoms with van der Waals surface area (Å²) >= 11 is 1.17. The fraction of sp³-hybridized carbons (Fsp3) is 0.750. The molecule has 0 aliphatic carbocycles. The van der Waals surface area contributed by atoms with Gasteiger partial charge in [0.2, 0.25) is 0 Å². The van der Waals surface area contributed by atoms with Crippen LogP contribution in [0.1, 0.15) is 33.6 Å². The molecular formula is C12H20N2OS. The summed E-state index contributed by atoms with van der Waals surface area (Å²) in [5.74, 6) is 5.60. The number of hydrogen-bond acceptors (Lipinski definition) is 4. The normalized spacial score (nSPS) is 11.7. The minimum atomic E-state index is -0.0557. The predicted octanol–water partition coefficient (Wildman–Crippen LogP) is 2.34. The van der Waals surface area contributed by atoms with Crippen molar-refractivity contribution in [2.75, 3.05) is 13.2 Å². The van der Waals surface area contributed by atoms with E-state index in [1.165, 1.54) is 11.8 Å². The zero-order chi connectivity index (χ0) is 12.2. The van der Waals surface area contributed by atoms with E-state index in [9.17, 15) is 0 Å². The van der Waals surface area contributed by atoms with Crippen LogP contribution in [0.3, 0.4) is 0 Å². The van der Waals surface area contributed by atoms with Gasteiger partial charge in [0.1, 0.15) is 17.4 Å². The zero-order valence-corrected chi connectivity index (χ0v) is 11.1. The topological polar surface area (TPSA) is 45.0 Å². The van der Waals surface area contributed by atoms with Gasteiger partial charge in [-0.05, 0) is 38.1 Å². The van der Waals surface area contributed by atoms with Gasteiger partial charge in [-0.1, -0.05) is 19.8 Å². The van der Waals surface area contributed by atoms with Gasteiger partial charge in [0.15, 0.2) is 0 Å². The summed E-state index contributed by atoms with van der Waals surface area (Å²) in [6.45, 7) is 7.39. The molecule has 0 heterocycles. The highest BCUT2D eigenvalue weighted by Gasteiger charge is 2.08. The summed E-state index contributed by atoms with van der Waals surface area (Å²) in [4.78, 5) is 0. The Labute approximate surface area is 103 Å². The van der Waals surface area contributed by atoms with Crippen molar-refractivity contribution >= 4 is 11.8 Å². The van der Waals surface area contributed by atoms with Gasteiger partial charge in [0.25, 0.3) is 0 Å². The molecule has 4 heteroatoms. The second-order valence-electron chi connectivity index (χ2n) is 3.63. The van der Waals surface area contributed by atoms with Crippen molar-refractivity contribution in [1.82, 2.24) is 5.32 Å². The van der Waals surface area contributed by atoms with E-state index in [0.29, 0.717) is 12.6 Å². The summed E-state index contributed by atoms with van der Waals surface area (Å²) in [7, 11) is 0. The molecule has 1 N–H and O–H groups in total. The van der Waals surface area contributed by atoms with Gasteiger partial charge in [0, 0.05) is 6.04 Å². The molecule has 0 aliphatic heterocycles. The molecule has 90 valence electrons. The lowest BCUT2D eigenvalue weighted by Gasteiger charge is -2.13. The minimum absolute atomic E-state index is 0.0557. The Morgan fingerprint density at radius 1 is 1.44 bits per heavy atom. The fourth-order valence-electron chi connectivity index (χ4n) is 1.10. The van der Waals surface area contributed by atoms with Gasteiger partial charge < -0.3 is 10.1 Å². The summed E-state index contributed by atoms with van der Waals surface area (Å²) < 4.78 is 5.47. The lowest BCUT2D eigenvalue weighted by Crippen LogP contribution is -2.24. The molecule has 0 radical (unpaired) electrons. The second kappa shape index (κ2) is 10.8. The molecule has 0 aromatic heterocycles. The minimum Gasteiger partial charge on any atom is -0.354 e. The number of thiocyanates is 1. The number of nitriles is 1. The smallest absolute Gasteiger partial charge is 0.136 e. The molecule has 0 saturated heterocycles. The van der Waals surface area contributed by atoms with Crippen LogP contribution in [-0.4, -0.2) is 24.6 Å². The Hall–Kier alpha value is -0.680. The van der Waals surface area contributed by atoms with Crippen LogP contribution in [0, 0.1) is 22.5 Å². The standard InChI is InChI=1S/C12H20N2OS/c1-4-5-9-15-12(16-10-13)7-6-8-14-11(2)3/h11-12,14H,6-9H2,1-3H3. The Morgan fingerprint density at radius 2 is 2.19 bits per heavy atom. The van der Waals surface area contributed by atoms with E-state index in [4.69, 9.17) is 10.00 Å². The van der Waals surface area contributed by atoms with E-state index in [1.807, 2.05) is 0 Å². The SMILES string of the molecule is CC#CCOC(CCCNC(C)C)SC#N. The van der Waals surface area contributed by atoms with Crippen LogP contribution < -0.4 is 5.32 Å². The Kier molecular flexibility index (Phi) is 10.4. The van der Waals surface area contributed by atoms with Crippen LogP contribution in [0.4, 0.5) is 0 Å². The Balaban J connectivity index is 3.66. The molecular weight excluding hydrogens is 220 g/mol. The Morgan fingerprint density at radius 3 is 2.75 bits per heavy atom. The predicted molar refractivity (Wildman–Crippen MR) is 68.8 cm³/mol. The Bertz CT molecular complexity index is 262. The zero-order valence-electron chi connectivity index (χ0n) is 10.2. The van der Waals surface area contributed by atoms with Crippen molar-refractivity contribution in [3.63, 3.8) is 0 Å². The number of hydrogen-bond donors (Lipinski definition) is 1. The van der Waals surface area contributed by atoms with Gasteiger partial charge in [-0.3, -0.25) is 0 Å². The van der Waals surface area contributed by atoms with Crippen molar-refractivity contribution in [3.05, 3.63) is 0 Å². The first kappa shape index (κ1) is 15.3. The molecule has 0 aromatic carbocycles. The maximum absolute atomic E-state index is 8.62. The molecule has 3 nitrogen and oxygen atoms in total. The monoisotopic (exact) mass is 240 g/mol. The third kappa shape index (κ3) is 9.86. The van der Waals surface area contributed by atoms with E-state index in [-0.39, 0.29) is 5.44 Å². The number of nitrogens with zero attached hydrogens (tertiary/aromatic N) is 1. The maximum atomic E-state index is 8.62. The maximum Gasteiger partial charge on any atom is 0.136 e. The van der Waals surface area contributed by atoms with Crippen molar-refractivity contribution in [3.8, 4) is 17.2 Å². The van der Waals surface area contributed by atoms with Crippen LogP contribution in [0.2, 0.25) is 0 Å². The van der Waals surface area contributed by atoms with E-state index in [0.717, 1.165) is 19.4 Å². The van der Waals surface area contributed by atoms with Crippen molar-refractivity contribution in [1.29, 1.82) is 5.26 Å². The third-order valence-electron chi connectivity index (χ3n) is 1.87. The average Bonchev–Trinajstić information content (AvgIpc) is 2.24. The fourth-order valence-corrected chi connectivity index (χ4v) is 1.64. The molecule has 0 aliphatic rings. The molecule has 0 rings (SSSR count). The number of ether oxygens (including phenoxy) is 1. The summed E-state index contributed by atoms with van der Waals surface area (Å²) in [5.41, 5.74) is -0.0557. The van der Waals surface area contributed by atoms with Gasteiger partial charge in [-0.2, -0.15) is 5.26 Å². The first-order valence-electron chi connectivity index (χ1n) is 5.50. The first-order chi connectivity index (χ1) is 7.70. The van der Waals surface area contributed by atoms with Crippen molar-refractivity contribution in [2.45, 2.75) is 45.1 Å². The van der Waals surface area contributed by atoms with Crippen LogP contribution in [0.5, 0.6) is 0 Å². The van der Waals surface area contributed by atoms with E-state index in [1.54, 1.807) is 6.92 Å².